The molecule has 0 radical (unpaired) electrons. The molecule has 2 unspecified atom stereocenters. The Morgan fingerprint density at radius 3 is 2.69 bits per heavy atom. The van der Waals surface area contributed by atoms with E-state index in [2.05, 4.69) is 19.5 Å². The van der Waals surface area contributed by atoms with E-state index in [4.69, 9.17) is 15.2 Å². The van der Waals surface area contributed by atoms with E-state index >= 15 is 0 Å². The van der Waals surface area contributed by atoms with Crippen LogP contribution in [0.2, 0.25) is 0 Å². The number of hydrogen-bond acceptors (Lipinski definition) is 6. The number of ether oxygens (including phenoxy) is 2. The fourth-order valence-electron chi connectivity index (χ4n) is 4.73. The third-order valence-electron chi connectivity index (χ3n) is 6.33. The molecular formula is C27H35N4O4P. The minimum atomic E-state index is -0.535. The molecule has 4 rings (SSSR count). The van der Waals surface area contributed by atoms with Gasteiger partial charge in [0.1, 0.15) is 17.1 Å². The monoisotopic (exact) mass is 510 g/mol. The Hall–Kier alpha value is -3.12. The number of nitrogens with one attached hydrogen (secondary N) is 1. The Morgan fingerprint density at radius 1 is 1.25 bits per heavy atom. The van der Waals surface area contributed by atoms with E-state index < -0.39 is 11.1 Å². The molecular weight excluding hydrogens is 475 g/mol. The van der Waals surface area contributed by atoms with Gasteiger partial charge in [-0.2, -0.15) is 0 Å². The number of fused-ring (bicyclic) bond motifs is 1. The lowest BCUT2D eigenvalue weighted by atomic mass is 9.89. The van der Waals surface area contributed by atoms with Crippen LogP contribution in [0.3, 0.4) is 0 Å². The number of nitrogens with two attached hydrogens (primary N) is 1. The van der Waals surface area contributed by atoms with Gasteiger partial charge in [0.05, 0.1) is 31.2 Å². The quantitative estimate of drug-likeness (QED) is 0.579. The van der Waals surface area contributed by atoms with E-state index in [1.807, 2.05) is 52.8 Å². The van der Waals surface area contributed by atoms with Crippen molar-refractivity contribution in [3.63, 3.8) is 0 Å². The third kappa shape index (κ3) is 5.65. The summed E-state index contributed by atoms with van der Waals surface area (Å²) in [5.74, 6) is 1.22. The van der Waals surface area contributed by atoms with Gasteiger partial charge in [-0.1, -0.05) is 6.07 Å². The van der Waals surface area contributed by atoms with Crippen molar-refractivity contribution >= 4 is 32.3 Å². The first-order chi connectivity index (χ1) is 16.9. The number of carbonyl (C=O) groups excluding carboxylic acids is 2. The van der Waals surface area contributed by atoms with Crippen molar-refractivity contribution in [3.8, 4) is 11.5 Å². The average Bonchev–Trinajstić information content (AvgIpc) is 2.76. The summed E-state index contributed by atoms with van der Waals surface area (Å²) >= 11 is 0. The molecule has 8 nitrogen and oxygen atoms in total. The van der Waals surface area contributed by atoms with Gasteiger partial charge in [0.25, 0.3) is 5.91 Å². The molecule has 0 spiro atoms. The van der Waals surface area contributed by atoms with Gasteiger partial charge in [-0.3, -0.25) is 14.5 Å². The second kappa shape index (κ2) is 9.74. The van der Waals surface area contributed by atoms with Crippen molar-refractivity contribution in [2.24, 2.45) is 10.7 Å². The molecule has 2 heterocycles. The SMILES string of the molecule is CCOc1ccc(C(=O)NC2CC(C)(C)Oc3ccc(P)cc32)cc1CN1C(=O)CC(C)(C)N=C1N. The largest absolute Gasteiger partial charge is 0.494 e. The molecule has 0 fully saturated rings. The number of aliphatic imine (C=N–C) groups is 1. The summed E-state index contributed by atoms with van der Waals surface area (Å²) in [6, 6.07) is 11.0. The highest BCUT2D eigenvalue weighted by Gasteiger charge is 2.35. The van der Waals surface area contributed by atoms with Gasteiger partial charge in [-0.25, -0.2) is 4.99 Å². The van der Waals surface area contributed by atoms with Crippen molar-refractivity contribution in [3.05, 3.63) is 53.1 Å². The molecule has 192 valence electrons. The van der Waals surface area contributed by atoms with Gasteiger partial charge >= 0.3 is 0 Å². The van der Waals surface area contributed by atoms with Crippen molar-refractivity contribution in [2.75, 3.05) is 6.61 Å². The van der Waals surface area contributed by atoms with Crippen LogP contribution in [-0.2, 0) is 11.3 Å². The molecule has 2 amide bonds. The molecule has 2 aromatic rings. The first kappa shape index (κ1) is 26.0. The minimum Gasteiger partial charge on any atom is -0.494 e. The van der Waals surface area contributed by atoms with Gasteiger partial charge in [0.15, 0.2) is 5.96 Å². The highest BCUT2D eigenvalue weighted by atomic mass is 31.0. The molecule has 2 atom stereocenters. The van der Waals surface area contributed by atoms with Gasteiger partial charge in [-0.15, -0.1) is 9.24 Å². The van der Waals surface area contributed by atoms with Crippen LogP contribution in [0.15, 0.2) is 41.4 Å². The van der Waals surface area contributed by atoms with Crippen molar-refractivity contribution < 1.29 is 19.1 Å². The van der Waals surface area contributed by atoms with Gasteiger partial charge in [-0.05, 0) is 70.3 Å². The maximum absolute atomic E-state index is 13.4. The van der Waals surface area contributed by atoms with Crippen LogP contribution >= 0.6 is 9.24 Å². The molecule has 36 heavy (non-hydrogen) atoms. The van der Waals surface area contributed by atoms with E-state index in [0.717, 1.165) is 16.6 Å². The fourth-order valence-corrected chi connectivity index (χ4v) is 5.00. The van der Waals surface area contributed by atoms with Crippen LogP contribution in [0.1, 0.15) is 75.0 Å². The number of nitrogens with zero attached hydrogens (tertiary/aromatic N) is 2. The zero-order valence-electron chi connectivity index (χ0n) is 21.6. The Morgan fingerprint density at radius 2 is 2.00 bits per heavy atom. The lowest BCUT2D eigenvalue weighted by molar-refractivity contribution is -0.129. The molecule has 2 aromatic carbocycles. The lowest BCUT2D eigenvalue weighted by Gasteiger charge is -2.38. The highest BCUT2D eigenvalue weighted by molar-refractivity contribution is 7.27. The summed E-state index contributed by atoms with van der Waals surface area (Å²) in [4.78, 5) is 32.1. The number of benzene rings is 2. The van der Waals surface area contributed by atoms with E-state index in [-0.39, 0.29) is 36.8 Å². The predicted molar refractivity (Wildman–Crippen MR) is 144 cm³/mol. The average molecular weight is 511 g/mol. The maximum atomic E-state index is 13.4. The Balaban J connectivity index is 1.61. The first-order valence-corrected chi connectivity index (χ1v) is 12.8. The summed E-state index contributed by atoms with van der Waals surface area (Å²) in [5, 5.41) is 4.21. The van der Waals surface area contributed by atoms with Crippen LogP contribution in [0.4, 0.5) is 0 Å². The van der Waals surface area contributed by atoms with E-state index in [1.165, 1.54) is 4.90 Å². The normalized spacial score (nSPS) is 20.2. The summed E-state index contributed by atoms with van der Waals surface area (Å²) in [7, 11) is 2.69. The van der Waals surface area contributed by atoms with Gasteiger partial charge in [0, 0.05) is 23.1 Å². The molecule has 0 saturated heterocycles. The molecule has 0 saturated carbocycles. The molecule has 2 aliphatic rings. The standard InChI is InChI=1S/C27H35N4O4P/c1-6-34-21-9-7-16(11-17(21)15-31-23(32)14-26(2,3)30-25(31)28)24(33)29-20-13-27(4,5)35-22-10-8-18(36)12-19(20)22/h7-12,20H,6,13-15,36H2,1-5H3,(H2,28,30)(H,29,33). The lowest BCUT2D eigenvalue weighted by Crippen LogP contribution is -2.49. The van der Waals surface area contributed by atoms with Crippen molar-refractivity contribution in [1.82, 2.24) is 10.2 Å². The van der Waals surface area contributed by atoms with Crippen LogP contribution in [0.5, 0.6) is 11.5 Å². The number of carbonyl (C=O) groups is 2. The molecule has 0 aliphatic carbocycles. The minimum absolute atomic E-state index is 0.112. The zero-order chi connectivity index (χ0) is 26.3. The van der Waals surface area contributed by atoms with E-state index in [9.17, 15) is 9.59 Å². The summed E-state index contributed by atoms with van der Waals surface area (Å²) in [6.07, 6.45) is 0.892. The molecule has 2 aliphatic heterocycles. The summed E-state index contributed by atoms with van der Waals surface area (Å²) in [6.45, 7) is 10.3. The Kier molecular flexibility index (Phi) is 7.02. The fraction of sp³-hybridized carbons (Fsp3) is 0.444. The molecule has 9 heteroatoms. The van der Waals surface area contributed by atoms with E-state index in [0.29, 0.717) is 29.9 Å². The van der Waals surface area contributed by atoms with Crippen LogP contribution < -0.4 is 25.8 Å². The van der Waals surface area contributed by atoms with Gasteiger partial charge < -0.3 is 20.5 Å². The van der Waals surface area contributed by atoms with Crippen molar-refractivity contribution in [2.45, 2.75) is 71.2 Å². The molecule has 0 bridgehead atoms. The summed E-state index contributed by atoms with van der Waals surface area (Å²) in [5.41, 5.74) is 7.30. The topological polar surface area (TPSA) is 106 Å². The number of guanidine groups is 1. The van der Waals surface area contributed by atoms with Crippen LogP contribution in [-0.4, -0.2) is 40.4 Å². The first-order valence-electron chi connectivity index (χ1n) is 12.2. The number of rotatable bonds is 6. The predicted octanol–water partition coefficient (Wildman–Crippen LogP) is 3.44. The van der Waals surface area contributed by atoms with Crippen LogP contribution in [0, 0.1) is 0 Å². The zero-order valence-corrected chi connectivity index (χ0v) is 22.7. The Labute approximate surface area is 214 Å². The van der Waals surface area contributed by atoms with Gasteiger partial charge in [0.2, 0.25) is 5.91 Å². The molecule has 3 N–H and O–H groups in total. The second-order valence-corrected chi connectivity index (χ2v) is 11.3. The third-order valence-corrected chi connectivity index (χ3v) is 6.69. The van der Waals surface area contributed by atoms with E-state index in [1.54, 1.807) is 18.2 Å². The van der Waals surface area contributed by atoms with Crippen LogP contribution in [0.25, 0.3) is 0 Å². The maximum Gasteiger partial charge on any atom is 0.251 e. The number of amides is 2. The summed E-state index contributed by atoms with van der Waals surface area (Å²) < 4.78 is 11.9. The smallest absolute Gasteiger partial charge is 0.251 e. The second-order valence-electron chi connectivity index (χ2n) is 10.6. The Bertz CT molecular complexity index is 1220. The van der Waals surface area contributed by atoms with Crippen molar-refractivity contribution in [1.29, 1.82) is 0 Å². The number of hydrogen-bond donors (Lipinski definition) is 2. The molecule has 0 aromatic heterocycles. The highest BCUT2D eigenvalue weighted by Crippen LogP contribution is 2.39.